The first-order valence-electron chi connectivity index (χ1n) is 21.4. The van der Waals surface area contributed by atoms with Gasteiger partial charge in [-0.3, -0.25) is 0 Å². The molecule has 4 rings (SSSR count). The van der Waals surface area contributed by atoms with Gasteiger partial charge >= 0.3 is 0 Å². The number of fused-ring (bicyclic) bond motifs is 2. The number of hydrogen-bond acceptors (Lipinski definition) is 3. The van der Waals surface area contributed by atoms with Gasteiger partial charge in [0.25, 0.3) is 0 Å². The van der Waals surface area contributed by atoms with E-state index < -0.39 is 0 Å². The Balaban J connectivity index is 1.42. The highest BCUT2D eigenvalue weighted by atomic mass is 16.7. The number of rotatable bonds is 4. The summed E-state index contributed by atoms with van der Waals surface area (Å²) < 4.78 is 13.4. The molecule has 1 heterocycles. The third-order valence-electron chi connectivity index (χ3n) is 14.7. The lowest BCUT2D eigenvalue weighted by molar-refractivity contribution is -0.182. The van der Waals surface area contributed by atoms with Gasteiger partial charge in [-0.15, -0.1) is 0 Å². The molecule has 0 radical (unpaired) electrons. The van der Waals surface area contributed by atoms with Crippen molar-refractivity contribution in [1.82, 2.24) is 4.90 Å². The van der Waals surface area contributed by atoms with Crippen LogP contribution in [0.2, 0.25) is 0 Å². The zero-order valence-corrected chi connectivity index (χ0v) is 33.2. The van der Waals surface area contributed by atoms with E-state index in [0.717, 1.165) is 97.5 Å². The maximum Gasteiger partial charge on any atom is 0.168 e. The summed E-state index contributed by atoms with van der Waals surface area (Å²) in [6.07, 6.45) is 28.0. The Bertz CT molecular complexity index is 858. The Morgan fingerprint density at radius 2 is 1.13 bits per heavy atom. The molecule has 0 aromatic carbocycles. The van der Waals surface area contributed by atoms with Crippen LogP contribution in [-0.2, 0) is 9.47 Å². The first-order chi connectivity index (χ1) is 22.5. The Kier molecular flexibility index (Phi) is 16.4. The molecule has 3 heteroatoms. The van der Waals surface area contributed by atoms with Crippen LogP contribution in [0.1, 0.15) is 177 Å². The Labute approximate surface area is 294 Å². The summed E-state index contributed by atoms with van der Waals surface area (Å²) in [6, 6.07) is 0. The van der Waals surface area contributed by atoms with Gasteiger partial charge in [-0.25, -0.2) is 0 Å². The summed E-state index contributed by atoms with van der Waals surface area (Å²) >= 11 is 0. The normalized spacial score (nSPS) is 42.8. The maximum atomic E-state index is 6.81. The predicted octanol–water partition coefficient (Wildman–Crippen LogP) is 12.4. The molecule has 1 saturated heterocycles. The van der Waals surface area contributed by atoms with Gasteiger partial charge in [-0.1, -0.05) is 126 Å². The SMILES string of the molecule is CC1CCCC2CCCC3CCCC(C)C(C(C)C)CCC(C)C3CCC(C)C2CCC(C)CCC2(CC1)OCC(CCN(C)C)O2. The quantitative estimate of drug-likeness (QED) is 0.300. The molecule has 47 heavy (non-hydrogen) atoms. The average molecular weight is 658 g/mol. The Morgan fingerprint density at radius 3 is 1.72 bits per heavy atom. The molecule has 0 bridgehead atoms. The molecule has 4 fully saturated rings. The van der Waals surface area contributed by atoms with Gasteiger partial charge < -0.3 is 14.4 Å². The fourth-order valence-corrected chi connectivity index (χ4v) is 11.3. The van der Waals surface area contributed by atoms with Crippen molar-refractivity contribution in [2.24, 2.45) is 65.1 Å². The summed E-state index contributed by atoms with van der Waals surface area (Å²) in [4.78, 5) is 2.28. The van der Waals surface area contributed by atoms with E-state index in [9.17, 15) is 0 Å². The van der Waals surface area contributed by atoms with E-state index >= 15 is 0 Å². The molecule has 0 N–H and O–H groups in total. The van der Waals surface area contributed by atoms with Crippen LogP contribution in [0.25, 0.3) is 0 Å². The molecule has 0 aromatic rings. The third kappa shape index (κ3) is 12.3. The molecule has 0 aromatic heterocycles. The Hall–Kier alpha value is -0.120. The van der Waals surface area contributed by atoms with E-state index in [1.54, 1.807) is 0 Å². The zero-order chi connectivity index (χ0) is 34.0. The lowest BCUT2D eigenvalue weighted by Crippen LogP contribution is -2.33. The van der Waals surface area contributed by atoms with E-state index in [1.807, 2.05) is 0 Å². The fourth-order valence-electron chi connectivity index (χ4n) is 11.3. The fraction of sp³-hybridized carbons (Fsp3) is 1.00. The van der Waals surface area contributed by atoms with Crippen LogP contribution in [-0.4, -0.2) is 44.0 Å². The molecule has 1 aliphatic heterocycles. The second-order valence-electron chi connectivity index (χ2n) is 19.1. The molecule has 12 unspecified atom stereocenters. The van der Waals surface area contributed by atoms with Crippen molar-refractivity contribution >= 4 is 0 Å². The van der Waals surface area contributed by atoms with Crippen molar-refractivity contribution in [3.05, 3.63) is 0 Å². The number of ether oxygens (including phenoxy) is 2. The van der Waals surface area contributed by atoms with Crippen molar-refractivity contribution in [3.8, 4) is 0 Å². The summed E-state index contributed by atoms with van der Waals surface area (Å²) in [5.74, 6) is 9.41. The molecular formula is C44H83NO2. The van der Waals surface area contributed by atoms with Gasteiger partial charge in [0.15, 0.2) is 5.79 Å². The minimum Gasteiger partial charge on any atom is -0.347 e. The number of nitrogens with zero attached hydrogens (tertiary/aromatic N) is 1. The van der Waals surface area contributed by atoms with E-state index in [4.69, 9.17) is 9.47 Å². The van der Waals surface area contributed by atoms with Gasteiger partial charge in [0, 0.05) is 19.4 Å². The molecule has 3 aliphatic carbocycles. The van der Waals surface area contributed by atoms with Gasteiger partial charge in [0.05, 0.1) is 12.7 Å². The van der Waals surface area contributed by atoms with Crippen molar-refractivity contribution < 1.29 is 9.47 Å². The van der Waals surface area contributed by atoms with Crippen LogP contribution in [0.4, 0.5) is 0 Å². The molecule has 3 nitrogen and oxygen atoms in total. The van der Waals surface area contributed by atoms with E-state index in [-0.39, 0.29) is 11.9 Å². The third-order valence-corrected chi connectivity index (χ3v) is 14.7. The van der Waals surface area contributed by atoms with Crippen molar-refractivity contribution in [1.29, 1.82) is 0 Å². The highest BCUT2D eigenvalue weighted by Gasteiger charge is 2.41. The molecule has 12 atom stereocenters. The average Bonchev–Trinajstić information content (AvgIpc) is 3.44. The predicted molar refractivity (Wildman–Crippen MR) is 203 cm³/mol. The molecule has 1 spiro atoms. The summed E-state index contributed by atoms with van der Waals surface area (Å²) in [5, 5.41) is 0. The highest BCUT2D eigenvalue weighted by molar-refractivity contribution is 4.86. The minimum absolute atomic E-state index is 0.264. The van der Waals surface area contributed by atoms with E-state index in [0.29, 0.717) is 0 Å². The van der Waals surface area contributed by atoms with Gasteiger partial charge in [0.1, 0.15) is 0 Å². The molecule has 0 amide bonds. The topological polar surface area (TPSA) is 21.7 Å². The lowest BCUT2D eigenvalue weighted by atomic mass is 9.65. The Morgan fingerprint density at radius 1 is 0.596 bits per heavy atom. The summed E-state index contributed by atoms with van der Waals surface area (Å²) in [5.41, 5.74) is 0. The minimum atomic E-state index is -0.328. The molecule has 4 aliphatic rings. The van der Waals surface area contributed by atoms with E-state index in [1.165, 1.54) is 109 Å². The van der Waals surface area contributed by atoms with Crippen LogP contribution < -0.4 is 0 Å². The molecular weight excluding hydrogens is 574 g/mol. The van der Waals surface area contributed by atoms with Crippen LogP contribution in [0.3, 0.4) is 0 Å². The highest BCUT2D eigenvalue weighted by Crippen LogP contribution is 2.46. The van der Waals surface area contributed by atoms with Crippen LogP contribution >= 0.6 is 0 Å². The van der Waals surface area contributed by atoms with Gasteiger partial charge in [-0.2, -0.15) is 0 Å². The van der Waals surface area contributed by atoms with Crippen molar-refractivity contribution in [3.63, 3.8) is 0 Å². The molecule has 276 valence electrons. The van der Waals surface area contributed by atoms with Gasteiger partial charge in [0.2, 0.25) is 0 Å². The monoisotopic (exact) mass is 658 g/mol. The zero-order valence-electron chi connectivity index (χ0n) is 33.2. The van der Waals surface area contributed by atoms with Crippen molar-refractivity contribution in [2.75, 3.05) is 27.2 Å². The first-order valence-corrected chi connectivity index (χ1v) is 21.4. The maximum absolute atomic E-state index is 6.81. The van der Waals surface area contributed by atoms with Crippen LogP contribution in [0, 0.1) is 65.1 Å². The van der Waals surface area contributed by atoms with Crippen LogP contribution in [0.5, 0.6) is 0 Å². The number of hydrogen-bond donors (Lipinski definition) is 0. The summed E-state index contributed by atoms with van der Waals surface area (Å²) in [6.45, 7) is 19.8. The second kappa shape index (κ2) is 19.5. The standard InChI is InChI=1S/C44H83NO2/c1-32(2)41-23-20-36(6)43-24-21-37(7)42-22-19-34(4)26-29-44(46-31-40(47-44)27-30-45(8)9)28-25-33(3)13-10-15-38(42)17-12-18-39(43)16-11-14-35(41)5/h32-43H,10-31H2,1-9H3. The van der Waals surface area contributed by atoms with Crippen LogP contribution in [0.15, 0.2) is 0 Å². The second-order valence-corrected chi connectivity index (χ2v) is 19.1. The summed E-state index contributed by atoms with van der Waals surface area (Å²) in [7, 11) is 4.34. The lowest BCUT2D eigenvalue weighted by Gasteiger charge is -2.40. The molecule has 3 saturated carbocycles. The first kappa shape index (κ1) is 39.7. The van der Waals surface area contributed by atoms with Crippen molar-refractivity contribution in [2.45, 2.75) is 189 Å². The largest absolute Gasteiger partial charge is 0.347 e. The van der Waals surface area contributed by atoms with E-state index in [2.05, 4.69) is 67.5 Å². The smallest absolute Gasteiger partial charge is 0.168 e. The van der Waals surface area contributed by atoms with Gasteiger partial charge in [-0.05, 0) is 118 Å².